The van der Waals surface area contributed by atoms with Crippen LogP contribution in [-0.4, -0.2) is 32.1 Å². The first kappa shape index (κ1) is 22.0. The number of hydrogen-bond acceptors (Lipinski definition) is 4. The first-order chi connectivity index (χ1) is 13.9. The van der Waals surface area contributed by atoms with E-state index in [1.54, 1.807) is 37.4 Å². The predicted octanol–water partition coefficient (Wildman–Crippen LogP) is 4.51. The number of carbonyl (C=O) groups is 2. The lowest BCUT2D eigenvalue weighted by Gasteiger charge is -2.15. The zero-order valence-corrected chi connectivity index (χ0v) is 17.4. The van der Waals surface area contributed by atoms with Crippen molar-refractivity contribution in [2.45, 2.75) is 27.2 Å². The third kappa shape index (κ3) is 6.68. The Balaban J connectivity index is 2.02. The number of amides is 2. The van der Waals surface area contributed by atoms with Crippen molar-refractivity contribution in [2.75, 3.05) is 30.5 Å². The molecule has 0 atom stereocenters. The lowest BCUT2D eigenvalue weighted by Crippen LogP contribution is -2.22. The van der Waals surface area contributed by atoms with E-state index < -0.39 is 0 Å². The summed E-state index contributed by atoms with van der Waals surface area (Å²) in [4.78, 5) is 25.1. The van der Waals surface area contributed by atoms with Crippen molar-refractivity contribution in [3.05, 3.63) is 54.1 Å². The van der Waals surface area contributed by atoms with Gasteiger partial charge in [0.1, 0.15) is 0 Å². The largest absolute Gasteiger partial charge is 0.490 e. The minimum atomic E-state index is -0.248. The summed E-state index contributed by atoms with van der Waals surface area (Å²) in [6, 6.07) is 12.7. The quantitative estimate of drug-likeness (QED) is 0.633. The van der Waals surface area contributed by atoms with Crippen LogP contribution in [0.2, 0.25) is 0 Å². The molecule has 0 aliphatic carbocycles. The number of nitrogens with one attached hydrogen (secondary N) is 1. The molecule has 0 unspecified atom stereocenters. The van der Waals surface area contributed by atoms with Gasteiger partial charge in [0.2, 0.25) is 11.8 Å². The molecule has 29 heavy (non-hydrogen) atoms. The number of carbonyl (C=O) groups excluding carboxylic acids is 2. The molecular weight excluding hydrogens is 368 g/mol. The molecule has 2 rings (SSSR count). The van der Waals surface area contributed by atoms with Crippen LogP contribution >= 0.6 is 0 Å². The predicted molar refractivity (Wildman–Crippen MR) is 117 cm³/mol. The lowest BCUT2D eigenvalue weighted by molar-refractivity contribution is -0.116. The van der Waals surface area contributed by atoms with E-state index in [0.717, 1.165) is 17.7 Å². The zero-order valence-electron chi connectivity index (χ0n) is 17.4. The summed E-state index contributed by atoms with van der Waals surface area (Å²) in [5.41, 5.74) is 2.25. The number of hydrogen-bond donors (Lipinski definition) is 1. The second kappa shape index (κ2) is 10.9. The Kier molecular flexibility index (Phi) is 8.27. The Morgan fingerprint density at radius 2 is 1.76 bits per heavy atom. The molecule has 0 saturated heterocycles. The zero-order chi connectivity index (χ0) is 21.2. The summed E-state index contributed by atoms with van der Waals surface area (Å²) in [5.74, 6) is 1.06. The minimum Gasteiger partial charge on any atom is -0.490 e. The number of nitrogens with zero attached hydrogens (tertiary/aromatic N) is 1. The summed E-state index contributed by atoms with van der Waals surface area (Å²) in [5, 5.41) is 2.80. The average molecular weight is 396 g/mol. The first-order valence-corrected chi connectivity index (χ1v) is 9.67. The molecule has 6 heteroatoms. The molecule has 0 fully saturated rings. The van der Waals surface area contributed by atoms with Crippen LogP contribution in [0, 0.1) is 0 Å². The van der Waals surface area contributed by atoms with Crippen LogP contribution in [0.1, 0.15) is 32.8 Å². The van der Waals surface area contributed by atoms with Crippen LogP contribution in [-0.2, 0) is 9.59 Å². The Hall–Kier alpha value is -3.28. The second-order valence-corrected chi connectivity index (χ2v) is 6.44. The normalized spacial score (nSPS) is 10.6. The monoisotopic (exact) mass is 396 g/mol. The average Bonchev–Trinajstić information content (AvgIpc) is 2.71. The fourth-order valence-corrected chi connectivity index (χ4v) is 2.53. The topological polar surface area (TPSA) is 67.9 Å². The molecule has 0 heterocycles. The summed E-state index contributed by atoms with van der Waals surface area (Å²) < 4.78 is 11.3. The van der Waals surface area contributed by atoms with E-state index in [9.17, 15) is 9.59 Å². The van der Waals surface area contributed by atoms with Gasteiger partial charge in [0.15, 0.2) is 11.5 Å². The summed E-state index contributed by atoms with van der Waals surface area (Å²) in [6.45, 7) is 6.62. The van der Waals surface area contributed by atoms with Crippen molar-refractivity contribution >= 4 is 29.3 Å². The third-order valence-electron chi connectivity index (χ3n) is 4.15. The fraction of sp³-hybridized carbons (Fsp3) is 0.304. The third-order valence-corrected chi connectivity index (χ3v) is 4.15. The van der Waals surface area contributed by atoms with Crippen LogP contribution in [0.15, 0.2) is 48.5 Å². The highest BCUT2D eigenvalue weighted by Crippen LogP contribution is 2.29. The molecule has 0 saturated carbocycles. The van der Waals surface area contributed by atoms with Gasteiger partial charge in [-0.05, 0) is 61.4 Å². The molecule has 1 N–H and O–H groups in total. The molecule has 0 bridgehead atoms. The van der Waals surface area contributed by atoms with E-state index in [2.05, 4.69) is 5.32 Å². The summed E-state index contributed by atoms with van der Waals surface area (Å²) in [6.07, 6.45) is 4.10. The molecule has 6 nitrogen and oxygen atoms in total. The van der Waals surface area contributed by atoms with Crippen molar-refractivity contribution in [2.24, 2.45) is 0 Å². The molecule has 154 valence electrons. The van der Waals surface area contributed by atoms with Gasteiger partial charge in [0.25, 0.3) is 0 Å². The highest BCUT2D eigenvalue weighted by molar-refractivity contribution is 6.02. The van der Waals surface area contributed by atoms with E-state index in [0.29, 0.717) is 30.4 Å². The SMILES string of the molecule is CCCOc1ccc(/C=C/C(=O)Nc2ccc(N(C)C(C)=O)cc2)cc1OCC. The van der Waals surface area contributed by atoms with E-state index in [1.165, 1.54) is 17.9 Å². The Labute approximate surface area is 172 Å². The summed E-state index contributed by atoms with van der Waals surface area (Å²) in [7, 11) is 1.70. The summed E-state index contributed by atoms with van der Waals surface area (Å²) >= 11 is 0. The van der Waals surface area contributed by atoms with Crippen LogP contribution in [0.4, 0.5) is 11.4 Å². The lowest BCUT2D eigenvalue weighted by atomic mass is 10.2. The van der Waals surface area contributed by atoms with E-state index in [-0.39, 0.29) is 11.8 Å². The van der Waals surface area contributed by atoms with Gasteiger partial charge in [0, 0.05) is 31.4 Å². The highest BCUT2D eigenvalue weighted by atomic mass is 16.5. The second-order valence-electron chi connectivity index (χ2n) is 6.44. The Morgan fingerprint density at radius 1 is 1.03 bits per heavy atom. The standard InChI is InChI=1S/C23H28N2O4/c1-5-15-29-21-13-7-18(16-22(21)28-6-2)8-14-23(27)24-19-9-11-20(12-10-19)25(4)17(3)26/h7-14,16H,5-6,15H2,1-4H3,(H,24,27)/b14-8+. The fourth-order valence-electron chi connectivity index (χ4n) is 2.53. The highest BCUT2D eigenvalue weighted by Gasteiger charge is 2.07. The Bertz CT molecular complexity index is 860. The van der Waals surface area contributed by atoms with Gasteiger partial charge in [-0.3, -0.25) is 9.59 Å². The number of benzene rings is 2. The number of anilines is 2. The maximum Gasteiger partial charge on any atom is 0.248 e. The van der Waals surface area contributed by atoms with Gasteiger partial charge in [-0.15, -0.1) is 0 Å². The first-order valence-electron chi connectivity index (χ1n) is 9.67. The van der Waals surface area contributed by atoms with Gasteiger partial charge in [-0.2, -0.15) is 0 Å². The van der Waals surface area contributed by atoms with Crippen LogP contribution in [0.5, 0.6) is 11.5 Å². The van der Waals surface area contributed by atoms with Crippen LogP contribution in [0.25, 0.3) is 6.08 Å². The number of ether oxygens (including phenoxy) is 2. The van der Waals surface area contributed by atoms with E-state index in [1.807, 2.05) is 32.0 Å². The van der Waals surface area contributed by atoms with Gasteiger partial charge >= 0.3 is 0 Å². The van der Waals surface area contributed by atoms with E-state index >= 15 is 0 Å². The molecule has 0 radical (unpaired) electrons. The molecule has 2 aromatic rings. The van der Waals surface area contributed by atoms with Crippen LogP contribution < -0.4 is 19.7 Å². The van der Waals surface area contributed by atoms with Gasteiger partial charge < -0.3 is 19.7 Å². The molecular formula is C23H28N2O4. The van der Waals surface area contributed by atoms with Crippen molar-refractivity contribution in [3.63, 3.8) is 0 Å². The molecule has 2 amide bonds. The van der Waals surface area contributed by atoms with Crippen molar-refractivity contribution in [1.29, 1.82) is 0 Å². The minimum absolute atomic E-state index is 0.0535. The molecule has 0 spiro atoms. The van der Waals surface area contributed by atoms with Crippen LogP contribution in [0.3, 0.4) is 0 Å². The van der Waals surface area contributed by atoms with Gasteiger partial charge in [0.05, 0.1) is 13.2 Å². The van der Waals surface area contributed by atoms with Gasteiger partial charge in [-0.25, -0.2) is 0 Å². The smallest absolute Gasteiger partial charge is 0.248 e. The molecule has 0 aliphatic rings. The van der Waals surface area contributed by atoms with Crippen molar-refractivity contribution in [3.8, 4) is 11.5 Å². The van der Waals surface area contributed by atoms with E-state index in [4.69, 9.17) is 9.47 Å². The maximum atomic E-state index is 12.2. The van der Waals surface area contributed by atoms with Gasteiger partial charge in [-0.1, -0.05) is 13.0 Å². The maximum absolute atomic E-state index is 12.2. The number of rotatable bonds is 9. The molecule has 0 aromatic heterocycles. The Morgan fingerprint density at radius 3 is 2.38 bits per heavy atom. The van der Waals surface area contributed by atoms with Crippen molar-refractivity contribution < 1.29 is 19.1 Å². The van der Waals surface area contributed by atoms with Crippen molar-refractivity contribution in [1.82, 2.24) is 0 Å². The molecule has 0 aliphatic heterocycles. The molecule has 2 aromatic carbocycles.